The standard InChI is InChI=1S/C17H35N5O/c1-4-19-17(20-10-8-11-21(5-2)6-3)22-12-7-9-15(14-22)13-16(18)23/h15H,4-14H2,1-3H3,(H2,18,23)(H,19,20). The lowest BCUT2D eigenvalue weighted by Gasteiger charge is -2.34. The molecular weight excluding hydrogens is 290 g/mol. The van der Waals surface area contributed by atoms with Gasteiger partial charge in [0.05, 0.1) is 0 Å². The summed E-state index contributed by atoms with van der Waals surface area (Å²) in [7, 11) is 0. The molecule has 1 heterocycles. The van der Waals surface area contributed by atoms with E-state index in [1.54, 1.807) is 0 Å². The van der Waals surface area contributed by atoms with Crippen molar-refractivity contribution in [1.29, 1.82) is 0 Å². The zero-order chi connectivity index (χ0) is 17.1. The summed E-state index contributed by atoms with van der Waals surface area (Å²) in [5, 5.41) is 3.39. The van der Waals surface area contributed by atoms with Gasteiger partial charge in [-0.2, -0.15) is 0 Å². The van der Waals surface area contributed by atoms with E-state index in [0.29, 0.717) is 12.3 Å². The number of likely N-dealkylation sites (tertiary alicyclic amines) is 1. The van der Waals surface area contributed by atoms with Gasteiger partial charge in [0.25, 0.3) is 0 Å². The van der Waals surface area contributed by atoms with Crippen LogP contribution in [0.4, 0.5) is 0 Å². The predicted molar refractivity (Wildman–Crippen MR) is 96.5 cm³/mol. The third kappa shape index (κ3) is 7.68. The summed E-state index contributed by atoms with van der Waals surface area (Å²) in [6.45, 7) is 13.4. The number of nitrogens with one attached hydrogen (secondary N) is 1. The molecule has 6 heteroatoms. The van der Waals surface area contributed by atoms with Gasteiger partial charge in [-0.1, -0.05) is 13.8 Å². The van der Waals surface area contributed by atoms with Crippen molar-refractivity contribution in [3.8, 4) is 0 Å². The number of amides is 1. The molecule has 0 aromatic rings. The molecule has 1 unspecified atom stereocenters. The van der Waals surface area contributed by atoms with E-state index in [1.165, 1.54) is 0 Å². The van der Waals surface area contributed by atoms with E-state index in [9.17, 15) is 4.79 Å². The molecule has 6 nitrogen and oxygen atoms in total. The van der Waals surface area contributed by atoms with Gasteiger partial charge in [-0.25, -0.2) is 0 Å². The summed E-state index contributed by atoms with van der Waals surface area (Å²) in [6, 6.07) is 0. The summed E-state index contributed by atoms with van der Waals surface area (Å²) in [4.78, 5) is 20.6. The number of primary amides is 1. The largest absolute Gasteiger partial charge is 0.370 e. The Hall–Kier alpha value is -1.30. The van der Waals surface area contributed by atoms with Crippen molar-refractivity contribution in [1.82, 2.24) is 15.1 Å². The maximum absolute atomic E-state index is 11.2. The first-order valence-electron chi connectivity index (χ1n) is 9.14. The fraction of sp³-hybridized carbons (Fsp3) is 0.882. The Morgan fingerprint density at radius 2 is 2.09 bits per heavy atom. The summed E-state index contributed by atoms with van der Waals surface area (Å²) in [5.41, 5.74) is 5.35. The van der Waals surface area contributed by atoms with Crippen LogP contribution in [0.1, 0.15) is 46.5 Å². The van der Waals surface area contributed by atoms with Crippen LogP contribution in [-0.4, -0.2) is 67.5 Å². The van der Waals surface area contributed by atoms with E-state index in [4.69, 9.17) is 10.7 Å². The van der Waals surface area contributed by atoms with E-state index in [2.05, 4.69) is 35.9 Å². The van der Waals surface area contributed by atoms with Crippen molar-refractivity contribution < 1.29 is 4.79 Å². The highest BCUT2D eigenvalue weighted by molar-refractivity contribution is 5.80. The molecule has 3 N–H and O–H groups in total. The molecule has 134 valence electrons. The fourth-order valence-electron chi connectivity index (χ4n) is 3.15. The van der Waals surface area contributed by atoms with Crippen molar-refractivity contribution in [2.24, 2.45) is 16.6 Å². The minimum atomic E-state index is -0.196. The van der Waals surface area contributed by atoms with Crippen molar-refractivity contribution in [2.75, 3.05) is 45.8 Å². The van der Waals surface area contributed by atoms with Crippen molar-refractivity contribution >= 4 is 11.9 Å². The number of hydrogen-bond acceptors (Lipinski definition) is 3. The topological polar surface area (TPSA) is 74.0 Å². The molecule has 0 spiro atoms. The van der Waals surface area contributed by atoms with Gasteiger partial charge in [-0.3, -0.25) is 9.79 Å². The first-order chi connectivity index (χ1) is 11.1. The van der Waals surface area contributed by atoms with E-state index in [1.807, 2.05) is 0 Å². The van der Waals surface area contributed by atoms with Crippen LogP contribution in [0.5, 0.6) is 0 Å². The maximum atomic E-state index is 11.2. The quantitative estimate of drug-likeness (QED) is 0.380. The van der Waals surface area contributed by atoms with Gasteiger partial charge in [-0.05, 0) is 51.7 Å². The molecule has 1 amide bonds. The third-order valence-corrected chi connectivity index (χ3v) is 4.43. The summed E-state index contributed by atoms with van der Waals surface area (Å²) in [5.74, 6) is 1.15. The SMILES string of the molecule is CCNC(=NCCCN(CC)CC)N1CCCC(CC(N)=O)C1. The second kappa shape index (κ2) is 11.3. The van der Waals surface area contributed by atoms with Crippen LogP contribution in [0.3, 0.4) is 0 Å². The molecule has 23 heavy (non-hydrogen) atoms. The number of nitrogens with two attached hydrogens (primary N) is 1. The van der Waals surface area contributed by atoms with Crippen LogP contribution < -0.4 is 11.1 Å². The van der Waals surface area contributed by atoms with E-state index < -0.39 is 0 Å². The maximum Gasteiger partial charge on any atom is 0.217 e. The van der Waals surface area contributed by atoms with Crippen LogP contribution in [0.2, 0.25) is 0 Å². The van der Waals surface area contributed by atoms with Gasteiger partial charge >= 0.3 is 0 Å². The fourth-order valence-corrected chi connectivity index (χ4v) is 3.15. The van der Waals surface area contributed by atoms with Gasteiger partial charge in [0, 0.05) is 32.6 Å². The summed E-state index contributed by atoms with van der Waals surface area (Å²) >= 11 is 0. The normalized spacial score (nSPS) is 19.2. The number of aliphatic imine (C=N–C) groups is 1. The van der Waals surface area contributed by atoms with Crippen LogP contribution >= 0.6 is 0 Å². The average molecular weight is 326 g/mol. The van der Waals surface area contributed by atoms with Gasteiger partial charge in [-0.15, -0.1) is 0 Å². The number of guanidine groups is 1. The van der Waals surface area contributed by atoms with Crippen molar-refractivity contribution in [3.05, 3.63) is 0 Å². The van der Waals surface area contributed by atoms with Crippen LogP contribution in [0, 0.1) is 5.92 Å². The molecule has 1 rings (SSSR count). The monoisotopic (exact) mass is 325 g/mol. The molecular formula is C17H35N5O. The predicted octanol–water partition coefficient (Wildman–Crippen LogP) is 1.27. The highest BCUT2D eigenvalue weighted by Crippen LogP contribution is 2.19. The van der Waals surface area contributed by atoms with E-state index >= 15 is 0 Å². The lowest BCUT2D eigenvalue weighted by molar-refractivity contribution is -0.119. The lowest BCUT2D eigenvalue weighted by Crippen LogP contribution is -2.47. The average Bonchev–Trinajstić information content (AvgIpc) is 2.53. The Kier molecular flexibility index (Phi) is 9.67. The van der Waals surface area contributed by atoms with E-state index in [0.717, 1.165) is 71.0 Å². The Morgan fingerprint density at radius 3 is 2.70 bits per heavy atom. The molecule has 1 aliphatic heterocycles. The lowest BCUT2D eigenvalue weighted by atomic mass is 9.95. The zero-order valence-electron chi connectivity index (χ0n) is 15.2. The summed E-state index contributed by atoms with van der Waals surface area (Å²) in [6.07, 6.45) is 3.75. The van der Waals surface area contributed by atoms with Gasteiger partial charge in [0.2, 0.25) is 5.91 Å². The molecule has 0 radical (unpaired) electrons. The molecule has 0 aliphatic carbocycles. The van der Waals surface area contributed by atoms with E-state index in [-0.39, 0.29) is 5.91 Å². The molecule has 0 bridgehead atoms. The Bertz CT molecular complexity index is 368. The molecule has 1 saturated heterocycles. The second-order valence-corrected chi connectivity index (χ2v) is 6.24. The Labute approximate surface area is 141 Å². The number of hydrogen-bond donors (Lipinski definition) is 2. The first-order valence-corrected chi connectivity index (χ1v) is 9.14. The molecule has 0 aromatic carbocycles. The minimum absolute atomic E-state index is 0.196. The number of carbonyl (C=O) groups excluding carboxylic acids is 1. The Morgan fingerprint density at radius 1 is 1.35 bits per heavy atom. The first kappa shape index (κ1) is 19.7. The van der Waals surface area contributed by atoms with Gasteiger partial charge < -0.3 is 20.9 Å². The second-order valence-electron chi connectivity index (χ2n) is 6.24. The zero-order valence-corrected chi connectivity index (χ0v) is 15.2. The van der Waals surface area contributed by atoms with Crippen molar-refractivity contribution in [2.45, 2.75) is 46.5 Å². The molecule has 1 aliphatic rings. The number of piperidine rings is 1. The molecule has 0 aromatic heterocycles. The molecule has 1 fully saturated rings. The highest BCUT2D eigenvalue weighted by Gasteiger charge is 2.23. The number of nitrogens with zero attached hydrogens (tertiary/aromatic N) is 3. The van der Waals surface area contributed by atoms with Crippen LogP contribution in [-0.2, 0) is 4.79 Å². The van der Waals surface area contributed by atoms with Crippen LogP contribution in [0.25, 0.3) is 0 Å². The van der Waals surface area contributed by atoms with Gasteiger partial charge in [0.15, 0.2) is 5.96 Å². The molecule has 1 atom stereocenters. The van der Waals surface area contributed by atoms with Crippen molar-refractivity contribution in [3.63, 3.8) is 0 Å². The summed E-state index contributed by atoms with van der Waals surface area (Å²) < 4.78 is 0. The molecule has 0 saturated carbocycles. The number of rotatable bonds is 9. The van der Waals surface area contributed by atoms with Gasteiger partial charge in [0.1, 0.15) is 0 Å². The third-order valence-electron chi connectivity index (χ3n) is 4.43. The van der Waals surface area contributed by atoms with Crippen LogP contribution in [0.15, 0.2) is 4.99 Å². The Balaban J connectivity index is 2.51. The smallest absolute Gasteiger partial charge is 0.217 e. The highest BCUT2D eigenvalue weighted by atomic mass is 16.1. The minimum Gasteiger partial charge on any atom is -0.370 e. The number of carbonyl (C=O) groups is 1.